The fourth-order valence-electron chi connectivity index (χ4n) is 2.09. The van der Waals surface area contributed by atoms with Crippen molar-refractivity contribution in [3.63, 3.8) is 0 Å². The summed E-state index contributed by atoms with van der Waals surface area (Å²) in [6.07, 6.45) is 2.63. The summed E-state index contributed by atoms with van der Waals surface area (Å²) in [6, 6.07) is 9.48. The van der Waals surface area contributed by atoms with Crippen LogP contribution < -0.4 is 15.4 Å². The summed E-state index contributed by atoms with van der Waals surface area (Å²) in [5, 5.41) is 15.7. The second-order valence-corrected chi connectivity index (χ2v) is 5.16. The van der Waals surface area contributed by atoms with Crippen molar-refractivity contribution < 1.29 is 19.1 Å². The largest absolute Gasteiger partial charge is 0.490 e. The third-order valence-corrected chi connectivity index (χ3v) is 3.21. The lowest BCUT2D eigenvalue weighted by molar-refractivity contribution is -0.118. The van der Waals surface area contributed by atoms with Gasteiger partial charge in [-0.15, -0.1) is 0 Å². The molecule has 0 bridgehead atoms. The van der Waals surface area contributed by atoms with E-state index in [9.17, 15) is 9.90 Å². The zero-order valence-corrected chi connectivity index (χ0v) is 13.1. The molecule has 2 rings (SSSR count). The highest BCUT2D eigenvalue weighted by atomic mass is 16.5. The Balaban J connectivity index is 1.76. The summed E-state index contributed by atoms with van der Waals surface area (Å²) in [5.41, 5.74) is 1.86. The standard InChI is InChI=1S/C17H22N2O4/c1-13(20)19-8-7-18-10-15(21)12-23-17-5-3-2-4-16(17)14-6-9-22-11-14/h2-6,9,11,15,18,21H,7-8,10,12H2,1H3,(H,19,20). The SMILES string of the molecule is CC(=O)NCCNCC(O)COc1ccccc1-c1ccoc1. The van der Waals surface area contributed by atoms with Gasteiger partial charge in [-0.25, -0.2) is 0 Å². The van der Waals surface area contributed by atoms with Gasteiger partial charge in [-0.05, 0) is 12.1 Å². The number of furan rings is 1. The maximum Gasteiger partial charge on any atom is 0.216 e. The van der Waals surface area contributed by atoms with Crippen molar-refractivity contribution in [2.45, 2.75) is 13.0 Å². The Morgan fingerprint density at radius 1 is 1.30 bits per heavy atom. The van der Waals surface area contributed by atoms with Gasteiger partial charge in [0.05, 0.1) is 12.5 Å². The van der Waals surface area contributed by atoms with Gasteiger partial charge in [-0.3, -0.25) is 4.79 Å². The van der Waals surface area contributed by atoms with Crippen LogP contribution in [0.3, 0.4) is 0 Å². The van der Waals surface area contributed by atoms with E-state index in [0.29, 0.717) is 25.4 Å². The number of nitrogens with one attached hydrogen (secondary N) is 2. The predicted octanol–water partition coefficient (Wildman–Crippen LogP) is 1.41. The molecule has 0 saturated carbocycles. The molecule has 3 N–H and O–H groups in total. The zero-order chi connectivity index (χ0) is 16.5. The van der Waals surface area contributed by atoms with Crippen LogP contribution in [0.25, 0.3) is 11.1 Å². The van der Waals surface area contributed by atoms with Crippen LogP contribution in [0, 0.1) is 0 Å². The van der Waals surface area contributed by atoms with Crippen molar-refractivity contribution in [1.29, 1.82) is 0 Å². The number of benzene rings is 1. The average Bonchev–Trinajstić information content (AvgIpc) is 3.07. The molecule has 6 heteroatoms. The number of hydrogen-bond acceptors (Lipinski definition) is 5. The van der Waals surface area contributed by atoms with Crippen molar-refractivity contribution in [2.75, 3.05) is 26.2 Å². The first kappa shape index (κ1) is 17.1. The lowest BCUT2D eigenvalue weighted by atomic mass is 10.1. The molecule has 0 aliphatic carbocycles. The van der Waals surface area contributed by atoms with Crippen LogP contribution in [0.15, 0.2) is 47.3 Å². The molecule has 6 nitrogen and oxygen atoms in total. The smallest absolute Gasteiger partial charge is 0.216 e. The number of carbonyl (C=O) groups excluding carboxylic acids is 1. The number of carbonyl (C=O) groups is 1. The van der Waals surface area contributed by atoms with Gasteiger partial charge in [0.1, 0.15) is 18.5 Å². The number of ether oxygens (including phenoxy) is 1. The molecule has 1 heterocycles. The van der Waals surface area contributed by atoms with Gasteiger partial charge in [0, 0.05) is 37.7 Å². The van der Waals surface area contributed by atoms with Crippen molar-refractivity contribution in [3.05, 3.63) is 42.9 Å². The molecule has 1 aromatic carbocycles. The van der Waals surface area contributed by atoms with Crippen molar-refractivity contribution in [3.8, 4) is 16.9 Å². The van der Waals surface area contributed by atoms with Crippen LogP contribution in [-0.2, 0) is 4.79 Å². The van der Waals surface area contributed by atoms with Crippen molar-refractivity contribution >= 4 is 5.91 Å². The fourth-order valence-corrected chi connectivity index (χ4v) is 2.09. The summed E-state index contributed by atoms with van der Waals surface area (Å²) < 4.78 is 10.8. The molecular weight excluding hydrogens is 296 g/mol. The lowest BCUT2D eigenvalue weighted by Gasteiger charge is -2.15. The highest BCUT2D eigenvalue weighted by Crippen LogP contribution is 2.29. The minimum atomic E-state index is -0.635. The third kappa shape index (κ3) is 5.77. The summed E-state index contributed by atoms with van der Waals surface area (Å²) in [4.78, 5) is 10.7. The molecule has 0 spiro atoms. The van der Waals surface area contributed by atoms with Crippen LogP contribution in [0.4, 0.5) is 0 Å². The maximum atomic E-state index is 10.7. The molecule has 1 atom stereocenters. The Morgan fingerprint density at radius 3 is 2.87 bits per heavy atom. The van der Waals surface area contributed by atoms with Gasteiger partial charge >= 0.3 is 0 Å². The Labute approximate surface area is 135 Å². The van der Waals surface area contributed by atoms with E-state index in [0.717, 1.165) is 11.1 Å². The monoisotopic (exact) mass is 318 g/mol. The van der Waals surface area contributed by atoms with E-state index >= 15 is 0 Å². The van der Waals surface area contributed by atoms with Gasteiger partial charge in [-0.2, -0.15) is 0 Å². The number of para-hydroxylation sites is 1. The van der Waals surface area contributed by atoms with E-state index in [2.05, 4.69) is 10.6 Å². The van der Waals surface area contributed by atoms with Gasteiger partial charge in [-0.1, -0.05) is 18.2 Å². The Hall–Kier alpha value is -2.31. The first-order valence-corrected chi connectivity index (χ1v) is 7.54. The van der Waals surface area contributed by atoms with Gasteiger partial charge in [0.25, 0.3) is 0 Å². The van der Waals surface area contributed by atoms with Gasteiger partial charge < -0.3 is 24.9 Å². The number of aliphatic hydroxyl groups excluding tert-OH is 1. The lowest BCUT2D eigenvalue weighted by Crippen LogP contribution is -2.36. The summed E-state index contributed by atoms with van der Waals surface area (Å²) in [6.45, 7) is 3.18. The van der Waals surface area contributed by atoms with E-state index < -0.39 is 6.10 Å². The van der Waals surface area contributed by atoms with Crippen LogP contribution in [-0.4, -0.2) is 43.4 Å². The molecule has 0 radical (unpaired) electrons. The van der Waals surface area contributed by atoms with E-state index in [1.165, 1.54) is 6.92 Å². The molecule has 0 aliphatic rings. The minimum absolute atomic E-state index is 0.0634. The number of rotatable bonds is 9. The summed E-state index contributed by atoms with van der Waals surface area (Å²) >= 11 is 0. The van der Waals surface area contributed by atoms with E-state index in [1.807, 2.05) is 30.3 Å². The Bertz CT molecular complexity index is 598. The number of amides is 1. The molecule has 0 saturated heterocycles. The molecule has 1 aromatic heterocycles. The maximum absolute atomic E-state index is 10.7. The topological polar surface area (TPSA) is 83.7 Å². The summed E-state index contributed by atoms with van der Waals surface area (Å²) in [5.74, 6) is 0.637. The van der Waals surface area contributed by atoms with E-state index in [4.69, 9.17) is 9.15 Å². The van der Waals surface area contributed by atoms with Crippen LogP contribution >= 0.6 is 0 Å². The molecule has 1 amide bonds. The second kappa shape index (κ2) is 8.97. The van der Waals surface area contributed by atoms with Crippen LogP contribution in [0.2, 0.25) is 0 Å². The quantitative estimate of drug-likeness (QED) is 0.609. The first-order chi connectivity index (χ1) is 11.2. The zero-order valence-electron chi connectivity index (χ0n) is 13.1. The molecule has 124 valence electrons. The molecule has 23 heavy (non-hydrogen) atoms. The molecule has 0 fully saturated rings. The fraction of sp³-hybridized carbons (Fsp3) is 0.353. The van der Waals surface area contributed by atoms with Gasteiger partial charge in [0.2, 0.25) is 5.91 Å². The Morgan fingerprint density at radius 2 is 2.13 bits per heavy atom. The van der Waals surface area contributed by atoms with Crippen LogP contribution in [0.5, 0.6) is 5.75 Å². The van der Waals surface area contributed by atoms with Crippen molar-refractivity contribution in [1.82, 2.24) is 10.6 Å². The second-order valence-electron chi connectivity index (χ2n) is 5.16. The third-order valence-electron chi connectivity index (χ3n) is 3.21. The van der Waals surface area contributed by atoms with Gasteiger partial charge in [0.15, 0.2) is 0 Å². The van der Waals surface area contributed by atoms with Crippen LogP contribution in [0.1, 0.15) is 6.92 Å². The molecule has 0 aliphatic heterocycles. The van der Waals surface area contributed by atoms with E-state index in [-0.39, 0.29) is 12.5 Å². The average molecular weight is 318 g/mol. The number of aliphatic hydroxyl groups is 1. The van der Waals surface area contributed by atoms with Crippen molar-refractivity contribution in [2.24, 2.45) is 0 Å². The molecule has 1 unspecified atom stereocenters. The first-order valence-electron chi connectivity index (χ1n) is 7.54. The Kier molecular flexibility index (Phi) is 6.65. The van der Waals surface area contributed by atoms with E-state index in [1.54, 1.807) is 12.5 Å². The summed E-state index contributed by atoms with van der Waals surface area (Å²) in [7, 11) is 0. The molecule has 2 aromatic rings. The normalized spacial score (nSPS) is 11.9. The number of hydrogen-bond donors (Lipinski definition) is 3. The predicted molar refractivity (Wildman–Crippen MR) is 87.2 cm³/mol. The minimum Gasteiger partial charge on any atom is -0.490 e. The highest BCUT2D eigenvalue weighted by molar-refractivity contribution is 5.72. The molecular formula is C17H22N2O4. The highest BCUT2D eigenvalue weighted by Gasteiger charge is 2.09.